The molecule has 0 saturated heterocycles. The first-order valence-electron chi connectivity index (χ1n) is 7.35. The van der Waals surface area contributed by atoms with Gasteiger partial charge in [-0.05, 0) is 49.7 Å². The van der Waals surface area contributed by atoms with Crippen LogP contribution in [0.15, 0.2) is 18.2 Å². The van der Waals surface area contributed by atoms with Crippen LogP contribution in [0.3, 0.4) is 0 Å². The largest absolute Gasteiger partial charge is 0.496 e. The molecule has 1 aromatic carbocycles. The minimum atomic E-state index is -0.398. The first-order valence-corrected chi connectivity index (χ1v) is 7.35. The van der Waals surface area contributed by atoms with E-state index in [1.807, 2.05) is 12.1 Å². The molecule has 2 rings (SSSR count). The average molecular weight is 262 g/mol. The Labute approximate surface area is 116 Å². The SMILES string of the molecule is COc1ccc(C)cc1C(O)C1CCC(C)C(C)C1. The van der Waals surface area contributed by atoms with E-state index in [9.17, 15) is 5.11 Å². The van der Waals surface area contributed by atoms with E-state index in [1.54, 1.807) is 7.11 Å². The lowest BCUT2D eigenvalue weighted by Gasteiger charge is -2.35. The van der Waals surface area contributed by atoms with Gasteiger partial charge in [-0.25, -0.2) is 0 Å². The summed E-state index contributed by atoms with van der Waals surface area (Å²) in [7, 11) is 1.67. The number of aliphatic hydroxyl groups excluding tert-OH is 1. The van der Waals surface area contributed by atoms with Crippen molar-refractivity contribution in [3.63, 3.8) is 0 Å². The molecule has 1 saturated carbocycles. The average Bonchev–Trinajstić information content (AvgIpc) is 2.41. The molecule has 0 aromatic heterocycles. The van der Waals surface area contributed by atoms with Crippen molar-refractivity contribution in [2.45, 2.75) is 46.1 Å². The van der Waals surface area contributed by atoms with E-state index in [2.05, 4.69) is 26.8 Å². The Hall–Kier alpha value is -1.02. The maximum atomic E-state index is 10.7. The van der Waals surface area contributed by atoms with Gasteiger partial charge in [0.2, 0.25) is 0 Å². The molecule has 0 amide bonds. The topological polar surface area (TPSA) is 29.5 Å². The second kappa shape index (κ2) is 5.96. The lowest BCUT2D eigenvalue weighted by molar-refractivity contribution is 0.0543. The number of hydrogen-bond donors (Lipinski definition) is 1. The van der Waals surface area contributed by atoms with Crippen LogP contribution in [-0.2, 0) is 0 Å². The number of aryl methyl sites for hydroxylation is 1. The first kappa shape index (κ1) is 14.4. The van der Waals surface area contributed by atoms with E-state index in [1.165, 1.54) is 12.0 Å². The third-order valence-corrected chi connectivity index (χ3v) is 4.79. The molecule has 2 heteroatoms. The molecule has 0 spiro atoms. The van der Waals surface area contributed by atoms with Gasteiger partial charge in [-0.2, -0.15) is 0 Å². The van der Waals surface area contributed by atoms with E-state index in [-0.39, 0.29) is 0 Å². The van der Waals surface area contributed by atoms with Gasteiger partial charge >= 0.3 is 0 Å². The number of ether oxygens (including phenoxy) is 1. The zero-order valence-electron chi connectivity index (χ0n) is 12.5. The zero-order valence-corrected chi connectivity index (χ0v) is 12.5. The maximum absolute atomic E-state index is 10.7. The molecule has 1 fully saturated rings. The Morgan fingerprint density at radius 1 is 1.21 bits per heavy atom. The van der Waals surface area contributed by atoms with Gasteiger partial charge in [0.25, 0.3) is 0 Å². The summed E-state index contributed by atoms with van der Waals surface area (Å²) in [5.41, 5.74) is 2.13. The summed E-state index contributed by atoms with van der Waals surface area (Å²) < 4.78 is 5.40. The van der Waals surface area contributed by atoms with Crippen molar-refractivity contribution in [1.29, 1.82) is 0 Å². The highest BCUT2D eigenvalue weighted by Gasteiger charge is 2.31. The van der Waals surface area contributed by atoms with E-state index in [4.69, 9.17) is 4.74 Å². The maximum Gasteiger partial charge on any atom is 0.124 e. The summed E-state index contributed by atoms with van der Waals surface area (Å²) in [4.78, 5) is 0. The summed E-state index contributed by atoms with van der Waals surface area (Å²) in [6, 6.07) is 6.05. The predicted octanol–water partition coefficient (Wildman–Crippen LogP) is 4.11. The smallest absolute Gasteiger partial charge is 0.124 e. The van der Waals surface area contributed by atoms with Crippen LogP contribution < -0.4 is 4.74 Å². The molecule has 4 atom stereocenters. The van der Waals surface area contributed by atoms with Crippen LogP contribution in [0.2, 0.25) is 0 Å². The molecule has 106 valence electrons. The van der Waals surface area contributed by atoms with Gasteiger partial charge in [0.1, 0.15) is 5.75 Å². The van der Waals surface area contributed by atoms with E-state index >= 15 is 0 Å². The van der Waals surface area contributed by atoms with Gasteiger partial charge in [-0.1, -0.05) is 31.9 Å². The zero-order chi connectivity index (χ0) is 14.0. The molecule has 19 heavy (non-hydrogen) atoms. The molecule has 1 N–H and O–H groups in total. The molecular weight excluding hydrogens is 236 g/mol. The van der Waals surface area contributed by atoms with Crippen molar-refractivity contribution in [2.75, 3.05) is 7.11 Å². The number of methoxy groups -OCH3 is 1. The summed E-state index contributed by atoms with van der Waals surface area (Å²) in [5.74, 6) is 2.65. The van der Waals surface area contributed by atoms with Crippen LogP contribution in [0.5, 0.6) is 5.75 Å². The van der Waals surface area contributed by atoms with Crippen molar-refractivity contribution in [3.05, 3.63) is 29.3 Å². The van der Waals surface area contributed by atoms with Gasteiger partial charge in [0.15, 0.2) is 0 Å². The fourth-order valence-corrected chi connectivity index (χ4v) is 3.21. The van der Waals surface area contributed by atoms with Crippen molar-refractivity contribution in [2.24, 2.45) is 17.8 Å². The fourth-order valence-electron chi connectivity index (χ4n) is 3.21. The Kier molecular flexibility index (Phi) is 4.51. The quantitative estimate of drug-likeness (QED) is 0.888. The number of benzene rings is 1. The molecule has 0 aliphatic heterocycles. The Morgan fingerprint density at radius 3 is 2.58 bits per heavy atom. The number of rotatable bonds is 3. The third kappa shape index (κ3) is 3.11. The second-order valence-corrected chi connectivity index (χ2v) is 6.22. The molecule has 2 nitrogen and oxygen atoms in total. The Bertz CT molecular complexity index is 427. The Morgan fingerprint density at radius 2 is 1.95 bits per heavy atom. The molecular formula is C17H26O2. The highest BCUT2D eigenvalue weighted by Crippen LogP contribution is 2.42. The standard InChI is InChI=1S/C17H26O2/c1-11-5-8-16(19-4)15(9-11)17(18)14-7-6-12(2)13(3)10-14/h5,8-9,12-14,17-18H,6-7,10H2,1-4H3. The summed E-state index contributed by atoms with van der Waals surface area (Å²) in [6.45, 7) is 6.68. The summed E-state index contributed by atoms with van der Waals surface area (Å²) in [6.07, 6.45) is 3.05. The molecule has 4 unspecified atom stereocenters. The minimum absolute atomic E-state index is 0.363. The Balaban J connectivity index is 2.19. The van der Waals surface area contributed by atoms with Crippen LogP contribution in [0.1, 0.15) is 50.3 Å². The molecule has 1 aliphatic rings. The predicted molar refractivity (Wildman–Crippen MR) is 78.4 cm³/mol. The van der Waals surface area contributed by atoms with Crippen molar-refractivity contribution in [1.82, 2.24) is 0 Å². The summed E-state index contributed by atoms with van der Waals surface area (Å²) >= 11 is 0. The van der Waals surface area contributed by atoms with E-state index < -0.39 is 6.10 Å². The fraction of sp³-hybridized carbons (Fsp3) is 0.647. The summed E-state index contributed by atoms with van der Waals surface area (Å²) in [5, 5.41) is 10.7. The molecule has 1 aromatic rings. The van der Waals surface area contributed by atoms with Crippen LogP contribution >= 0.6 is 0 Å². The third-order valence-electron chi connectivity index (χ3n) is 4.79. The second-order valence-electron chi connectivity index (χ2n) is 6.22. The lowest BCUT2D eigenvalue weighted by Crippen LogP contribution is -2.25. The van der Waals surface area contributed by atoms with Gasteiger partial charge in [0.05, 0.1) is 13.2 Å². The van der Waals surface area contributed by atoms with Crippen LogP contribution in [-0.4, -0.2) is 12.2 Å². The monoisotopic (exact) mass is 262 g/mol. The highest BCUT2D eigenvalue weighted by atomic mass is 16.5. The highest BCUT2D eigenvalue weighted by molar-refractivity contribution is 5.38. The first-order chi connectivity index (χ1) is 9.02. The van der Waals surface area contributed by atoms with E-state index in [0.29, 0.717) is 11.8 Å². The normalized spacial score (nSPS) is 29.0. The van der Waals surface area contributed by atoms with Gasteiger partial charge in [-0.15, -0.1) is 0 Å². The van der Waals surface area contributed by atoms with Crippen LogP contribution in [0, 0.1) is 24.7 Å². The van der Waals surface area contributed by atoms with Crippen LogP contribution in [0.25, 0.3) is 0 Å². The van der Waals surface area contributed by atoms with E-state index in [0.717, 1.165) is 30.1 Å². The van der Waals surface area contributed by atoms with Gasteiger partial charge in [-0.3, -0.25) is 0 Å². The molecule has 0 radical (unpaired) electrons. The van der Waals surface area contributed by atoms with Gasteiger partial charge in [0, 0.05) is 5.56 Å². The minimum Gasteiger partial charge on any atom is -0.496 e. The van der Waals surface area contributed by atoms with Crippen molar-refractivity contribution >= 4 is 0 Å². The molecule has 1 aliphatic carbocycles. The molecule has 0 heterocycles. The number of hydrogen-bond acceptors (Lipinski definition) is 2. The van der Waals surface area contributed by atoms with Crippen molar-refractivity contribution < 1.29 is 9.84 Å². The van der Waals surface area contributed by atoms with Gasteiger partial charge < -0.3 is 9.84 Å². The van der Waals surface area contributed by atoms with Crippen molar-refractivity contribution in [3.8, 4) is 5.75 Å². The molecule has 0 bridgehead atoms. The number of aliphatic hydroxyl groups is 1. The van der Waals surface area contributed by atoms with Crippen LogP contribution in [0.4, 0.5) is 0 Å². The lowest BCUT2D eigenvalue weighted by atomic mass is 9.72.